The fourth-order valence-electron chi connectivity index (χ4n) is 3.60. The van der Waals surface area contributed by atoms with E-state index in [-0.39, 0.29) is 24.4 Å². The molecule has 1 aromatic carbocycles. The molecule has 1 aliphatic carbocycles. The number of halogens is 1. The molecule has 1 amide bonds. The van der Waals surface area contributed by atoms with Gasteiger partial charge in [-0.2, -0.15) is 0 Å². The summed E-state index contributed by atoms with van der Waals surface area (Å²) in [5.41, 5.74) is 1.25. The van der Waals surface area contributed by atoms with E-state index in [1.54, 1.807) is 0 Å². The molecule has 3 rings (SSSR count). The molecule has 1 N–H and O–H groups in total. The van der Waals surface area contributed by atoms with Crippen LogP contribution >= 0.6 is 12.4 Å². The number of nitrogens with one attached hydrogen (secondary N) is 1. The molecule has 128 valence electrons. The van der Waals surface area contributed by atoms with E-state index in [1.165, 1.54) is 24.8 Å². The third-order valence-electron chi connectivity index (χ3n) is 5.36. The molecule has 0 spiro atoms. The van der Waals surface area contributed by atoms with Gasteiger partial charge in [-0.3, -0.25) is 4.79 Å². The molecule has 1 aliphatic heterocycles. The summed E-state index contributed by atoms with van der Waals surface area (Å²) in [5, 5.41) is 3.38. The molecule has 1 saturated carbocycles. The van der Waals surface area contributed by atoms with Crippen LogP contribution in [0.3, 0.4) is 0 Å². The Morgan fingerprint density at radius 1 is 1.22 bits per heavy atom. The monoisotopic (exact) mass is 336 g/mol. The Balaban J connectivity index is 0.00000192. The number of hydrogen-bond acceptors (Lipinski definition) is 2. The first-order chi connectivity index (χ1) is 10.8. The van der Waals surface area contributed by atoms with Crippen molar-refractivity contribution in [2.24, 2.45) is 11.8 Å². The quantitative estimate of drug-likeness (QED) is 0.887. The van der Waals surface area contributed by atoms with Crippen molar-refractivity contribution >= 4 is 18.3 Å². The van der Waals surface area contributed by atoms with Gasteiger partial charge in [0.05, 0.1) is 12.0 Å². The highest BCUT2D eigenvalue weighted by Gasteiger charge is 2.32. The van der Waals surface area contributed by atoms with Gasteiger partial charge in [-0.1, -0.05) is 36.8 Å². The number of benzene rings is 1. The van der Waals surface area contributed by atoms with Gasteiger partial charge < -0.3 is 10.2 Å². The zero-order chi connectivity index (χ0) is 15.4. The average molecular weight is 337 g/mol. The average Bonchev–Trinajstić information content (AvgIpc) is 2.54. The summed E-state index contributed by atoms with van der Waals surface area (Å²) in [7, 11) is 0. The normalized spacial score (nSPS) is 22.6. The van der Waals surface area contributed by atoms with E-state index in [4.69, 9.17) is 0 Å². The van der Waals surface area contributed by atoms with Gasteiger partial charge in [0.15, 0.2) is 0 Å². The molecule has 2 unspecified atom stereocenters. The molecule has 1 heterocycles. The number of carbonyl (C=O) groups is 1. The van der Waals surface area contributed by atoms with E-state index < -0.39 is 0 Å². The SMILES string of the molecule is CC(c1ccccc1)N(CC1CCC1)C(=O)C1CCCNC1.Cl. The molecule has 0 bridgehead atoms. The van der Waals surface area contributed by atoms with E-state index >= 15 is 0 Å². The maximum atomic E-state index is 13.1. The number of nitrogens with zero attached hydrogens (tertiary/aromatic N) is 1. The lowest BCUT2D eigenvalue weighted by Gasteiger charge is -2.39. The highest BCUT2D eigenvalue weighted by molar-refractivity contribution is 5.85. The van der Waals surface area contributed by atoms with E-state index in [1.807, 2.05) is 6.07 Å². The minimum Gasteiger partial charge on any atom is -0.335 e. The van der Waals surface area contributed by atoms with Crippen LogP contribution in [0.25, 0.3) is 0 Å². The Morgan fingerprint density at radius 3 is 2.52 bits per heavy atom. The highest BCUT2D eigenvalue weighted by atomic mass is 35.5. The summed E-state index contributed by atoms with van der Waals surface area (Å²) in [4.78, 5) is 15.2. The smallest absolute Gasteiger partial charge is 0.227 e. The van der Waals surface area contributed by atoms with Crippen molar-refractivity contribution in [1.82, 2.24) is 10.2 Å². The van der Waals surface area contributed by atoms with Crippen LogP contribution in [-0.2, 0) is 4.79 Å². The Morgan fingerprint density at radius 2 is 1.96 bits per heavy atom. The number of carbonyl (C=O) groups excluding carboxylic acids is 1. The molecule has 0 radical (unpaired) electrons. The summed E-state index contributed by atoms with van der Waals surface area (Å²) < 4.78 is 0. The van der Waals surface area contributed by atoms with Crippen LogP contribution in [0.2, 0.25) is 0 Å². The zero-order valence-electron chi connectivity index (χ0n) is 14.0. The third kappa shape index (κ3) is 4.48. The lowest BCUT2D eigenvalue weighted by Crippen LogP contribution is -2.46. The molecule has 2 atom stereocenters. The van der Waals surface area contributed by atoms with Crippen LogP contribution in [0.4, 0.5) is 0 Å². The van der Waals surface area contributed by atoms with Crippen molar-refractivity contribution < 1.29 is 4.79 Å². The maximum absolute atomic E-state index is 13.1. The van der Waals surface area contributed by atoms with Gasteiger partial charge in [-0.15, -0.1) is 12.4 Å². The Bertz CT molecular complexity index is 483. The Labute approximate surface area is 146 Å². The molecule has 2 fully saturated rings. The summed E-state index contributed by atoms with van der Waals surface area (Å²) in [5.74, 6) is 1.24. The second-order valence-electron chi connectivity index (χ2n) is 6.92. The minimum atomic E-state index is 0. The Kier molecular flexibility index (Phi) is 6.91. The first kappa shape index (κ1) is 18.3. The van der Waals surface area contributed by atoms with Crippen LogP contribution in [0.1, 0.15) is 50.6 Å². The highest BCUT2D eigenvalue weighted by Crippen LogP contribution is 2.32. The van der Waals surface area contributed by atoms with Crippen molar-refractivity contribution in [3.8, 4) is 0 Å². The van der Waals surface area contributed by atoms with E-state index in [2.05, 4.69) is 41.4 Å². The lowest BCUT2D eigenvalue weighted by atomic mass is 9.84. The molecule has 0 aromatic heterocycles. The topological polar surface area (TPSA) is 32.3 Å². The molecule has 2 aliphatic rings. The summed E-state index contributed by atoms with van der Waals surface area (Å²) in [6.45, 7) is 5.02. The molecule has 3 nitrogen and oxygen atoms in total. The van der Waals surface area contributed by atoms with Crippen LogP contribution in [0.15, 0.2) is 30.3 Å². The molecular formula is C19H29ClN2O. The van der Waals surface area contributed by atoms with Crippen molar-refractivity contribution in [1.29, 1.82) is 0 Å². The molecule has 1 saturated heterocycles. The fraction of sp³-hybridized carbons (Fsp3) is 0.632. The van der Waals surface area contributed by atoms with Crippen LogP contribution < -0.4 is 5.32 Å². The van der Waals surface area contributed by atoms with Crippen LogP contribution in [0.5, 0.6) is 0 Å². The van der Waals surface area contributed by atoms with Gasteiger partial charge in [0.25, 0.3) is 0 Å². The summed E-state index contributed by atoms with van der Waals surface area (Å²) in [6.07, 6.45) is 6.06. The number of hydrogen-bond donors (Lipinski definition) is 1. The molecule has 1 aromatic rings. The first-order valence-electron chi connectivity index (χ1n) is 8.82. The molecular weight excluding hydrogens is 308 g/mol. The predicted octanol–water partition coefficient (Wildman–Crippen LogP) is 3.80. The molecule has 23 heavy (non-hydrogen) atoms. The largest absolute Gasteiger partial charge is 0.335 e. The van der Waals surface area contributed by atoms with Crippen molar-refractivity contribution in [2.75, 3.05) is 19.6 Å². The van der Waals surface area contributed by atoms with Crippen molar-refractivity contribution in [3.63, 3.8) is 0 Å². The second-order valence-corrected chi connectivity index (χ2v) is 6.92. The van der Waals surface area contributed by atoms with Gasteiger partial charge >= 0.3 is 0 Å². The van der Waals surface area contributed by atoms with Crippen LogP contribution in [-0.4, -0.2) is 30.4 Å². The summed E-state index contributed by atoms with van der Waals surface area (Å²) in [6, 6.07) is 10.6. The number of rotatable bonds is 5. The standard InChI is InChI=1S/C19H28N2O.ClH/c1-15(17-9-3-2-4-10-17)21(14-16-7-5-8-16)19(22)18-11-6-12-20-13-18;/h2-4,9-10,15-16,18,20H,5-8,11-14H2,1H3;1H. The van der Waals surface area contributed by atoms with Crippen molar-refractivity contribution in [2.45, 2.75) is 45.1 Å². The Hall–Kier alpha value is -1.06. The van der Waals surface area contributed by atoms with Gasteiger partial charge in [-0.05, 0) is 50.6 Å². The van der Waals surface area contributed by atoms with E-state index in [0.717, 1.165) is 32.5 Å². The number of amides is 1. The van der Waals surface area contributed by atoms with Gasteiger partial charge in [-0.25, -0.2) is 0 Å². The third-order valence-corrected chi connectivity index (χ3v) is 5.36. The fourth-order valence-corrected chi connectivity index (χ4v) is 3.60. The first-order valence-corrected chi connectivity index (χ1v) is 8.82. The zero-order valence-corrected chi connectivity index (χ0v) is 14.9. The van der Waals surface area contributed by atoms with Crippen LogP contribution in [0, 0.1) is 11.8 Å². The van der Waals surface area contributed by atoms with Gasteiger partial charge in [0.2, 0.25) is 5.91 Å². The van der Waals surface area contributed by atoms with E-state index in [9.17, 15) is 4.79 Å². The summed E-state index contributed by atoms with van der Waals surface area (Å²) >= 11 is 0. The van der Waals surface area contributed by atoms with Gasteiger partial charge in [0.1, 0.15) is 0 Å². The van der Waals surface area contributed by atoms with E-state index in [0.29, 0.717) is 11.8 Å². The number of piperidine rings is 1. The lowest BCUT2D eigenvalue weighted by molar-refractivity contribution is -0.139. The van der Waals surface area contributed by atoms with Crippen molar-refractivity contribution in [3.05, 3.63) is 35.9 Å². The second kappa shape index (κ2) is 8.70. The maximum Gasteiger partial charge on any atom is 0.227 e. The molecule has 4 heteroatoms. The minimum absolute atomic E-state index is 0. The van der Waals surface area contributed by atoms with Gasteiger partial charge in [0, 0.05) is 13.1 Å². The predicted molar refractivity (Wildman–Crippen MR) is 96.8 cm³/mol.